The number of nitrogens with zero attached hydrogens (tertiary/aromatic N) is 1. The van der Waals surface area contributed by atoms with Crippen molar-refractivity contribution < 1.29 is 9.90 Å². The standard InChI is InChI=1S/C16H25ClN4O2S/c1-2-18-16(19-9-3-4-15(23)21-11-5-6-11)20-10-12(22)13-7-8-14(17)24-13/h7-8,11-12,22H,2-6,9-10H2,1H3,(H,21,23)(H2,18,19,20). The molecule has 1 aromatic heterocycles. The lowest BCUT2D eigenvalue weighted by Crippen LogP contribution is -2.38. The molecule has 0 aromatic carbocycles. The van der Waals surface area contributed by atoms with Gasteiger partial charge in [-0.2, -0.15) is 0 Å². The van der Waals surface area contributed by atoms with Crippen molar-refractivity contribution in [1.82, 2.24) is 16.0 Å². The van der Waals surface area contributed by atoms with Crippen LogP contribution in [0, 0.1) is 0 Å². The van der Waals surface area contributed by atoms with Crippen LogP contribution in [0.15, 0.2) is 17.1 Å². The summed E-state index contributed by atoms with van der Waals surface area (Å²) < 4.78 is 0.655. The fraction of sp³-hybridized carbons (Fsp3) is 0.625. The molecule has 8 heteroatoms. The van der Waals surface area contributed by atoms with E-state index < -0.39 is 6.10 Å². The van der Waals surface area contributed by atoms with Crippen LogP contribution >= 0.6 is 22.9 Å². The van der Waals surface area contributed by atoms with Crippen molar-refractivity contribution in [2.75, 3.05) is 19.6 Å². The van der Waals surface area contributed by atoms with E-state index in [1.165, 1.54) is 11.3 Å². The van der Waals surface area contributed by atoms with Gasteiger partial charge in [0.05, 0.1) is 10.9 Å². The summed E-state index contributed by atoms with van der Waals surface area (Å²) in [7, 11) is 0. The topological polar surface area (TPSA) is 85.8 Å². The first-order valence-corrected chi connectivity index (χ1v) is 9.52. The Morgan fingerprint density at radius 2 is 2.25 bits per heavy atom. The molecular formula is C16H25ClN4O2S. The van der Waals surface area contributed by atoms with Crippen LogP contribution in [0.4, 0.5) is 0 Å². The van der Waals surface area contributed by atoms with Gasteiger partial charge in [0.2, 0.25) is 5.91 Å². The molecule has 0 spiro atoms. The monoisotopic (exact) mass is 372 g/mol. The van der Waals surface area contributed by atoms with E-state index in [1.54, 1.807) is 6.07 Å². The zero-order valence-corrected chi connectivity index (χ0v) is 15.4. The zero-order chi connectivity index (χ0) is 17.4. The highest BCUT2D eigenvalue weighted by Crippen LogP contribution is 2.26. The predicted molar refractivity (Wildman–Crippen MR) is 98.7 cm³/mol. The molecule has 0 aliphatic heterocycles. The van der Waals surface area contributed by atoms with Crippen LogP contribution in [0.25, 0.3) is 0 Å². The lowest BCUT2D eigenvalue weighted by molar-refractivity contribution is -0.121. The largest absolute Gasteiger partial charge is 0.386 e. The number of aliphatic imine (C=N–C) groups is 1. The highest BCUT2D eigenvalue weighted by atomic mass is 35.5. The Hall–Kier alpha value is -1.31. The molecule has 0 saturated heterocycles. The summed E-state index contributed by atoms with van der Waals surface area (Å²) in [6, 6.07) is 3.99. The van der Waals surface area contributed by atoms with E-state index >= 15 is 0 Å². The van der Waals surface area contributed by atoms with E-state index in [4.69, 9.17) is 11.6 Å². The van der Waals surface area contributed by atoms with Gasteiger partial charge >= 0.3 is 0 Å². The lowest BCUT2D eigenvalue weighted by Gasteiger charge is -2.12. The third kappa shape index (κ3) is 7.07. The van der Waals surface area contributed by atoms with Crippen LogP contribution in [-0.4, -0.2) is 42.6 Å². The summed E-state index contributed by atoms with van der Waals surface area (Å²) in [6.45, 7) is 3.63. The van der Waals surface area contributed by atoms with Crippen molar-refractivity contribution in [3.8, 4) is 0 Å². The Balaban J connectivity index is 1.70. The number of amides is 1. The Labute approximate surface area is 151 Å². The molecule has 1 saturated carbocycles. The SMILES string of the molecule is CCNC(=NCC(O)c1ccc(Cl)s1)NCCCC(=O)NC1CC1. The van der Waals surface area contributed by atoms with Gasteiger partial charge in [-0.1, -0.05) is 11.6 Å². The van der Waals surface area contributed by atoms with Crippen LogP contribution in [0.5, 0.6) is 0 Å². The molecule has 1 atom stereocenters. The van der Waals surface area contributed by atoms with E-state index in [9.17, 15) is 9.90 Å². The van der Waals surface area contributed by atoms with Crippen molar-refractivity contribution >= 4 is 34.8 Å². The highest BCUT2D eigenvalue weighted by Gasteiger charge is 2.22. The third-order valence-electron chi connectivity index (χ3n) is 3.50. The van der Waals surface area contributed by atoms with Crippen molar-refractivity contribution in [2.45, 2.75) is 44.8 Å². The molecule has 134 valence electrons. The fourth-order valence-electron chi connectivity index (χ4n) is 2.10. The van der Waals surface area contributed by atoms with E-state index in [1.807, 2.05) is 13.0 Å². The molecule has 24 heavy (non-hydrogen) atoms. The first-order valence-electron chi connectivity index (χ1n) is 8.33. The maximum Gasteiger partial charge on any atom is 0.220 e. The second kappa shape index (κ2) is 9.86. The molecule has 1 heterocycles. The number of hydrogen-bond acceptors (Lipinski definition) is 4. The Morgan fingerprint density at radius 3 is 2.88 bits per heavy atom. The van der Waals surface area contributed by atoms with Crippen LogP contribution in [0.2, 0.25) is 4.34 Å². The van der Waals surface area contributed by atoms with Crippen LogP contribution in [-0.2, 0) is 4.79 Å². The number of aliphatic hydroxyl groups excluding tert-OH is 1. The number of rotatable bonds is 9. The summed E-state index contributed by atoms with van der Waals surface area (Å²) in [5.41, 5.74) is 0. The van der Waals surface area contributed by atoms with Crippen molar-refractivity contribution in [3.05, 3.63) is 21.3 Å². The first-order chi connectivity index (χ1) is 11.6. The minimum atomic E-state index is -0.665. The van der Waals surface area contributed by atoms with Gasteiger partial charge in [0.25, 0.3) is 0 Å². The number of hydrogen-bond donors (Lipinski definition) is 4. The number of nitrogens with one attached hydrogen (secondary N) is 3. The van der Waals surface area contributed by atoms with Crippen molar-refractivity contribution in [1.29, 1.82) is 0 Å². The lowest BCUT2D eigenvalue weighted by atomic mass is 10.3. The van der Waals surface area contributed by atoms with Gasteiger partial charge in [-0.25, -0.2) is 0 Å². The summed E-state index contributed by atoms with van der Waals surface area (Å²) in [6.07, 6.45) is 2.81. The zero-order valence-electron chi connectivity index (χ0n) is 13.8. The Bertz CT molecular complexity index is 560. The van der Waals surface area contributed by atoms with Gasteiger partial charge in [-0.3, -0.25) is 9.79 Å². The molecule has 1 aliphatic rings. The van der Waals surface area contributed by atoms with Crippen LogP contribution in [0.1, 0.15) is 43.6 Å². The predicted octanol–water partition coefficient (Wildman–Crippen LogP) is 2.05. The van der Waals surface area contributed by atoms with Gasteiger partial charge in [-0.05, 0) is 38.3 Å². The third-order valence-corrected chi connectivity index (χ3v) is 4.84. The maximum absolute atomic E-state index is 11.6. The molecule has 1 aromatic rings. The Morgan fingerprint density at radius 1 is 1.46 bits per heavy atom. The molecule has 1 aliphatic carbocycles. The van der Waals surface area contributed by atoms with Crippen molar-refractivity contribution in [3.63, 3.8) is 0 Å². The molecule has 0 radical (unpaired) electrons. The van der Waals surface area contributed by atoms with Crippen LogP contribution in [0.3, 0.4) is 0 Å². The van der Waals surface area contributed by atoms with Gasteiger partial charge in [-0.15, -0.1) is 11.3 Å². The van der Waals surface area contributed by atoms with Gasteiger partial charge in [0, 0.05) is 30.4 Å². The second-order valence-electron chi connectivity index (χ2n) is 5.75. The van der Waals surface area contributed by atoms with E-state index in [2.05, 4.69) is 20.9 Å². The van der Waals surface area contributed by atoms with E-state index in [0.29, 0.717) is 29.3 Å². The average Bonchev–Trinajstić information content (AvgIpc) is 3.26. The van der Waals surface area contributed by atoms with Gasteiger partial charge in [0.1, 0.15) is 6.10 Å². The summed E-state index contributed by atoms with van der Waals surface area (Å²) in [5.74, 6) is 0.757. The van der Waals surface area contributed by atoms with Crippen LogP contribution < -0.4 is 16.0 Å². The molecule has 1 unspecified atom stereocenters. The van der Waals surface area contributed by atoms with Crippen molar-refractivity contribution in [2.24, 2.45) is 4.99 Å². The number of aliphatic hydroxyl groups is 1. The highest BCUT2D eigenvalue weighted by molar-refractivity contribution is 7.16. The summed E-state index contributed by atoms with van der Waals surface area (Å²) in [5, 5.41) is 19.4. The first kappa shape index (κ1) is 19.0. The molecule has 1 amide bonds. The average molecular weight is 373 g/mol. The van der Waals surface area contributed by atoms with Gasteiger partial charge in [0.15, 0.2) is 5.96 Å². The minimum absolute atomic E-state index is 0.117. The second-order valence-corrected chi connectivity index (χ2v) is 7.50. The maximum atomic E-state index is 11.6. The summed E-state index contributed by atoms with van der Waals surface area (Å²) in [4.78, 5) is 16.8. The number of carbonyl (C=O) groups is 1. The van der Waals surface area contributed by atoms with E-state index in [0.717, 1.165) is 30.7 Å². The number of halogens is 1. The normalized spacial score (nSPS) is 15.9. The molecule has 2 rings (SSSR count). The minimum Gasteiger partial charge on any atom is -0.386 e. The number of carbonyl (C=O) groups excluding carboxylic acids is 1. The molecule has 1 fully saturated rings. The molecule has 6 nitrogen and oxygen atoms in total. The quantitative estimate of drug-likeness (QED) is 0.303. The smallest absolute Gasteiger partial charge is 0.220 e. The number of thiophene rings is 1. The van der Waals surface area contributed by atoms with Gasteiger partial charge < -0.3 is 21.1 Å². The van der Waals surface area contributed by atoms with E-state index in [-0.39, 0.29) is 12.5 Å². The Kier molecular flexibility index (Phi) is 7.81. The molecule has 0 bridgehead atoms. The fourth-order valence-corrected chi connectivity index (χ4v) is 3.14. The molecule has 4 N–H and O–H groups in total. The number of guanidine groups is 1. The summed E-state index contributed by atoms with van der Waals surface area (Å²) >= 11 is 7.23. The molecular weight excluding hydrogens is 348 g/mol.